The number of furan rings is 1. The summed E-state index contributed by atoms with van der Waals surface area (Å²) in [5, 5.41) is 22.0. The van der Waals surface area contributed by atoms with E-state index in [1.54, 1.807) is 34.5 Å². The zero-order valence-electron chi connectivity index (χ0n) is 34.0. The van der Waals surface area contributed by atoms with Crippen molar-refractivity contribution in [1.82, 2.24) is 0 Å². The van der Waals surface area contributed by atoms with Gasteiger partial charge in [0.05, 0.1) is 60.5 Å². The second-order valence-corrected chi connectivity index (χ2v) is 17.4. The topological polar surface area (TPSA) is 154 Å². The molecule has 1 aromatic rings. The lowest BCUT2D eigenvalue weighted by atomic mass is 9.49. The number of carbonyl (C=O) groups is 1. The quantitative estimate of drug-likeness (QED) is 0.310. The van der Waals surface area contributed by atoms with Crippen molar-refractivity contribution in [3.8, 4) is 0 Å². The Hall–Kier alpha value is -1.75. The fourth-order valence-corrected chi connectivity index (χ4v) is 10.9. The first-order chi connectivity index (χ1) is 26.2. The highest BCUT2D eigenvalue weighted by Crippen LogP contribution is 2.59. The van der Waals surface area contributed by atoms with Crippen LogP contribution in [0.5, 0.6) is 0 Å². The molecule has 55 heavy (non-hydrogen) atoms. The summed E-state index contributed by atoms with van der Waals surface area (Å²) in [6.07, 6.45) is 1.84. The minimum absolute atomic E-state index is 0.0875. The van der Waals surface area contributed by atoms with E-state index in [4.69, 9.17) is 47.0 Å². The van der Waals surface area contributed by atoms with Crippen LogP contribution in [0.4, 0.5) is 0 Å². The van der Waals surface area contributed by atoms with Crippen molar-refractivity contribution in [3.05, 3.63) is 35.3 Å². The molecule has 3 aliphatic heterocycles. The van der Waals surface area contributed by atoms with E-state index in [0.29, 0.717) is 38.5 Å². The molecule has 1 aromatic heterocycles. The van der Waals surface area contributed by atoms with Gasteiger partial charge < -0.3 is 57.3 Å². The van der Waals surface area contributed by atoms with Gasteiger partial charge in [-0.2, -0.15) is 0 Å². The summed E-state index contributed by atoms with van der Waals surface area (Å²) in [7, 11) is 4.88. The average molecular weight is 777 g/mol. The molecule has 0 aromatic carbocycles. The molecular formula is C42H64O13. The highest BCUT2D eigenvalue weighted by atomic mass is 16.7. The average Bonchev–Trinajstić information content (AvgIpc) is 3.59. The van der Waals surface area contributed by atoms with E-state index in [9.17, 15) is 15.0 Å². The summed E-state index contributed by atoms with van der Waals surface area (Å²) in [6.45, 7) is 11.9. The molecule has 310 valence electrons. The van der Waals surface area contributed by atoms with E-state index in [2.05, 4.69) is 19.9 Å². The molecule has 4 heterocycles. The molecule has 13 heteroatoms. The summed E-state index contributed by atoms with van der Waals surface area (Å²) in [5.74, 6) is 1.18. The number of carbonyl (C=O) groups excluding carboxylic acids is 1. The number of ether oxygens (including phenoxy) is 9. The van der Waals surface area contributed by atoms with Gasteiger partial charge in [-0.15, -0.1) is 0 Å². The Bertz CT molecular complexity index is 1510. The van der Waals surface area contributed by atoms with Crippen molar-refractivity contribution >= 4 is 5.78 Å². The maximum atomic E-state index is 14.1. The van der Waals surface area contributed by atoms with Crippen LogP contribution >= 0.6 is 0 Å². The highest BCUT2D eigenvalue weighted by Gasteiger charge is 2.57. The van der Waals surface area contributed by atoms with E-state index < -0.39 is 73.1 Å². The minimum Gasteiger partial charge on any atom is -0.469 e. The monoisotopic (exact) mass is 776 g/mol. The van der Waals surface area contributed by atoms with Crippen molar-refractivity contribution in [1.29, 1.82) is 0 Å². The highest BCUT2D eigenvalue weighted by molar-refractivity contribution is 5.93. The molecule has 5 fully saturated rings. The van der Waals surface area contributed by atoms with E-state index in [0.717, 1.165) is 24.2 Å². The number of methoxy groups -OCH3 is 3. The number of aryl methyl sites for hydroxylation is 1. The Morgan fingerprint density at radius 2 is 1.35 bits per heavy atom. The molecule has 0 amide bonds. The van der Waals surface area contributed by atoms with Gasteiger partial charge in [-0.05, 0) is 84.1 Å². The lowest BCUT2D eigenvalue weighted by molar-refractivity contribution is -0.339. The zero-order valence-corrected chi connectivity index (χ0v) is 34.0. The Labute approximate surface area is 325 Å². The normalized spacial score (nSPS) is 47.8. The molecule has 2 N–H and O–H groups in total. The van der Waals surface area contributed by atoms with Crippen LogP contribution < -0.4 is 0 Å². The van der Waals surface area contributed by atoms with Crippen molar-refractivity contribution in [3.63, 3.8) is 0 Å². The van der Waals surface area contributed by atoms with Gasteiger partial charge in [0.15, 0.2) is 18.9 Å². The number of hydrogen-bond donors (Lipinski definition) is 2. The molecule has 7 rings (SSSR count). The van der Waals surface area contributed by atoms with Gasteiger partial charge in [0.1, 0.15) is 29.9 Å². The number of ketones is 1. The summed E-state index contributed by atoms with van der Waals surface area (Å²) in [5.41, 5.74) is 1.43. The lowest BCUT2D eigenvalue weighted by Gasteiger charge is -2.55. The number of rotatable bonds is 10. The Morgan fingerprint density at radius 3 is 1.91 bits per heavy atom. The van der Waals surface area contributed by atoms with Crippen LogP contribution in [-0.2, 0) is 52.8 Å². The predicted octanol–water partition coefficient (Wildman–Crippen LogP) is 4.90. The number of aliphatic hydroxyl groups is 2. The number of allylic oxidation sites excluding steroid dienone is 1. The van der Waals surface area contributed by atoms with Gasteiger partial charge in [0.25, 0.3) is 0 Å². The van der Waals surface area contributed by atoms with Crippen molar-refractivity contribution in [2.75, 3.05) is 21.3 Å². The van der Waals surface area contributed by atoms with Crippen LogP contribution in [0.1, 0.15) is 97.3 Å². The third-order valence-electron chi connectivity index (χ3n) is 14.2. The molecule has 0 radical (unpaired) electrons. The lowest BCUT2D eigenvalue weighted by Crippen LogP contribution is -2.57. The van der Waals surface area contributed by atoms with Crippen LogP contribution in [0, 0.1) is 24.2 Å². The van der Waals surface area contributed by atoms with Gasteiger partial charge >= 0.3 is 0 Å². The van der Waals surface area contributed by atoms with Gasteiger partial charge in [0, 0.05) is 52.1 Å². The first kappa shape index (κ1) is 41.4. The van der Waals surface area contributed by atoms with E-state index in [-0.39, 0.29) is 41.3 Å². The predicted molar refractivity (Wildman–Crippen MR) is 198 cm³/mol. The molecule has 3 saturated heterocycles. The van der Waals surface area contributed by atoms with Gasteiger partial charge in [0.2, 0.25) is 0 Å². The van der Waals surface area contributed by atoms with Crippen molar-refractivity contribution in [2.24, 2.45) is 17.3 Å². The molecular weight excluding hydrogens is 712 g/mol. The van der Waals surface area contributed by atoms with Crippen LogP contribution in [0.15, 0.2) is 28.4 Å². The molecule has 0 bridgehead atoms. The number of aliphatic hydroxyl groups excluding tert-OH is 2. The Kier molecular flexibility index (Phi) is 12.4. The molecule has 13 nitrogen and oxygen atoms in total. The second-order valence-electron chi connectivity index (χ2n) is 17.4. The SMILES string of the molecule is CO[C@H]1C[C@H](O[C@H]2[C@H](C)O[C@@H](O[C@H]3[C@@H](OC)C[C@H](O[C@@H]4CC5=CC[C@H]6C(=O)[C@@](C)(c7ccoc7C)CC[C@@H]6[C@@]5(C)C[C@H]4O)O[C@@H]3C)C[C@H]2OC)O[C@H](C)[C@H]1O. The molecule has 3 aliphatic carbocycles. The third kappa shape index (κ3) is 7.78. The molecule has 18 atom stereocenters. The summed E-state index contributed by atoms with van der Waals surface area (Å²) in [6, 6.07) is 1.95. The first-order valence-corrected chi connectivity index (χ1v) is 20.4. The molecule has 6 aliphatic rings. The maximum Gasteiger partial charge on any atom is 0.161 e. The molecule has 2 saturated carbocycles. The summed E-state index contributed by atoms with van der Waals surface area (Å²) >= 11 is 0. The zero-order chi connectivity index (χ0) is 39.4. The van der Waals surface area contributed by atoms with Crippen LogP contribution in [0.2, 0.25) is 0 Å². The molecule has 0 unspecified atom stereocenters. The van der Waals surface area contributed by atoms with Crippen molar-refractivity contribution < 1.29 is 62.1 Å². The number of hydrogen-bond acceptors (Lipinski definition) is 13. The van der Waals surface area contributed by atoms with Gasteiger partial charge in [-0.3, -0.25) is 4.79 Å². The number of fused-ring (bicyclic) bond motifs is 3. The second kappa shape index (κ2) is 16.5. The van der Waals surface area contributed by atoms with E-state index in [1.807, 2.05) is 26.8 Å². The van der Waals surface area contributed by atoms with Gasteiger partial charge in [-0.25, -0.2) is 0 Å². The minimum atomic E-state index is -0.731. The first-order valence-electron chi connectivity index (χ1n) is 20.4. The van der Waals surface area contributed by atoms with E-state index >= 15 is 0 Å². The smallest absolute Gasteiger partial charge is 0.161 e. The van der Waals surface area contributed by atoms with Gasteiger partial charge in [-0.1, -0.05) is 18.6 Å². The molecule has 0 spiro atoms. The maximum absolute atomic E-state index is 14.1. The van der Waals surface area contributed by atoms with E-state index in [1.165, 1.54) is 5.57 Å². The third-order valence-corrected chi connectivity index (χ3v) is 14.2. The number of Topliss-reactive ketones (excluding diaryl/α,β-unsaturated/α-hetero) is 1. The fraction of sp³-hybridized carbons (Fsp3) is 0.833. The van der Waals surface area contributed by atoms with Crippen LogP contribution in [0.25, 0.3) is 0 Å². The fourth-order valence-electron chi connectivity index (χ4n) is 10.9. The summed E-state index contributed by atoms with van der Waals surface area (Å²) in [4.78, 5) is 14.1. The Balaban J connectivity index is 0.949. The summed E-state index contributed by atoms with van der Waals surface area (Å²) < 4.78 is 61.1. The Morgan fingerprint density at radius 1 is 0.782 bits per heavy atom. The standard InChI is InChI=1S/C42H64O13/c1-21-27(13-15-49-21)41(5)14-12-28-26(40(41)45)11-10-25-16-30(29(43)20-42(25,28)6)53-34-18-32(47-8)38(23(3)51-34)55-36-19-33(48-9)39(24(4)52-36)54-35-17-31(46-7)37(44)22(2)50-35/h10,13,15,22-24,26,28-39,43-44H,11-12,14,16-20H2,1-9H3/t22-,23-,24+,26-,28+,29-,30-,31+,32+,33-,34+,35+,36+,37-,38-,39+,41-,42+/m1/s1. The largest absolute Gasteiger partial charge is 0.469 e. The van der Waals surface area contributed by atoms with Crippen LogP contribution in [-0.4, -0.2) is 123 Å². The van der Waals surface area contributed by atoms with Crippen LogP contribution in [0.3, 0.4) is 0 Å². The van der Waals surface area contributed by atoms with Crippen molar-refractivity contribution in [2.45, 2.75) is 184 Å².